The first kappa shape index (κ1) is 11.9. The average Bonchev–Trinajstić information content (AvgIpc) is 2.75. The summed E-state index contributed by atoms with van der Waals surface area (Å²) in [6.07, 6.45) is 6.80. The molecule has 0 radical (unpaired) electrons. The summed E-state index contributed by atoms with van der Waals surface area (Å²) >= 11 is 0. The van der Waals surface area contributed by atoms with Gasteiger partial charge in [-0.05, 0) is 57.7 Å². The fourth-order valence-corrected chi connectivity index (χ4v) is 4.21. The molecule has 0 aromatic heterocycles. The zero-order valence-corrected chi connectivity index (χ0v) is 11.1. The molecular weight excluding hydrogens is 210 g/mol. The Morgan fingerprint density at radius 3 is 2.47 bits per heavy atom. The van der Waals surface area contributed by atoms with Crippen LogP contribution in [0, 0.1) is 11.8 Å². The van der Waals surface area contributed by atoms with Crippen LogP contribution < -0.4 is 5.73 Å². The maximum Gasteiger partial charge on any atom is 0.0120 e. The van der Waals surface area contributed by atoms with E-state index >= 15 is 0 Å². The minimum atomic E-state index is 0.491. The summed E-state index contributed by atoms with van der Waals surface area (Å²) in [5.41, 5.74) is 6.30. The molecule has 3 heteroatoms. The molecule has 3 unspecified atom stereocenters. The van der Waals surface area contributed by atoms with E-state index in [1.54, 1.807) is 0 Å². The third kappa shape index (κ3) is 2.38. The second-order valence-corrected chi connectivity index (χ2v) is 6.51. The van der Waals surface area contributed by atoms with E-state index < -0.39 is 0 Å². The highest BCUT2D eigenvalue weighted by atomic mass is 15.2. The van der Waals surface area contributed by atoms with E-state index in [0.29, 0.717) is 6.04 Å². The van der Waals surface area contributed by atoms with Crippen LogP contribution in [0.1, 0.15) is 32.1 Å². The number of likely N-dealkylation sites (tertiary alicyclic amines) is 2. The molecule has 0 spiro atoms. The smallest absolute Gasteiger partial charge is 0.0120 e. The Hall–Kier alpha value is -0.120. The first-order valence-corrected chi connectivity index (χ1v) is 7.42. The Bertz CT molecular complexity index is 260. The highest BCUT2D eigenvalue weighted by molar-refractivity contribution is 4.95. The molecule has 98 valence electrons. The molecule has 2 N–H and O–H groups in total. The quantitative estimate of drug-likeness (QED) is 0.742. The molecule has 3 nitrogen and oxygen atoms in total. The maximum atomic E-state index is 6.30. The summed E-state index contributed by atoms with van der Waals surface area (Å²) in [4.78, 5) is 5.23. The molecule has 17 heavy (non-hydrogen) atoms. The maximum absolute atomic E-state index is 6.30. The largest absolute Gasteiger partial charge is 0.327 e. The van der Waals surface area contributed by atoms with Gasteiger partial charge in [-0.1, -0.05) is 6.42 Å². The highest BCUT2D eigenvalue weighted by Gasteiger charge is 2.41. The highest BCUT2D eigenvalue weighted by Crippen LogP contribution is 2.37. The van der Waals surface area contributed by atoms with Gasteiger partial charge in [0.1, 0.15) is 0 Å². The number of rotatable bonds is 1. The van der Waals surface area contributed by atoms with Crippen LogP contribution in [0.2, 0.25) is 0 Å². The lowest BCUT2D eigenvalue weighted by atomic mass is 9.78. The summed E-state index contributed by atoms with van der Waals surface area (Å²) in [6.45, 7) is 5.19. The molecule has 0 aromatic rings. The molecule has 0 amide bonds. The van der Waals surface area contributed by atoms with Crippen LogP contribution in [0.25, 0.3) is 0 Å². The summed E-state index contributed by atoms with van der Waals surface area (Å²) in [6, 6.07) is 1.34. The molecule has 3 fully saturated rings. The van der Waals surface area contributed by atoms with Gasteiger partial charge in [-0.15, -0.1) is 0 Å². The molecule has 3 rings (SSSR count). The van der Waals surface area contributed by atoms with Gasteiger partial charge < -0.3 is 10.6 Å². The monoisotopic (exact) mass is 237 g/mol. The number of hydrogen-bond donors (Lipinski definition) is 1. The van der Waals surface area contributed by atoms with E-state index in [0.717, 1.165) is 17.9 Å². The van der Waals surface area contributed by atoms with Crippen molar-refractivity contribution in [3.63, 3.8) is 0 Å². The van der Waals surface area contributed by atoms with Crippen molar-refractivity contribution in [2.45, 2.75) is 44.2 Å². The van der Waals surface area contributed by atoms with Crippen molar-refractivity contribution in [2.24, 2.45) is 17.6 Å². The van der Waals surface area contributed by atoms with Crippen LogP contribution in [0.15, 0.2) is 0 Å². The van der Waals surface area contributed by atoms with Gasteiger partial charge >= 0.3 is 0 Å². The fourth-order valence-electron chi connectivity index (χ4n) is 4.21. The minimum Gasteiger partial charge on any atom is -0.327 e. The van der Waals surface area contributed by atoms with E-state index in [-0.39, 0.29) is 0 Å². The van der Waals surface area contributed by atoms with Gasteiger partial charge in [0.25, 0.3) is 0 Å². The van der Waals surface area contributed by atoms with Crippen molar-refractivity contribution in [3.8, 4) is 0 Å². The molecule has 0 bridgehead atoms. The number of nitrogens with zero attached hydrogens (tertiary/aromatic N) is 2. The standard InChI is InChI=1S/C14H27N3/c1-16-7-5-12(6-8-16)17-9-11-3-2-4-14(15)13(11)10-17/h11-14H,2-10,15H2,1H3. The number of nitrogens with two attached hydrogens (primary N) is 1. The predicted octanol–water partition coefficient (Wildman–Crippen LogP) is 1.14. The molecule has 2 heterocycles. The van der Waals surface area contributed by atoms with Gasteiger partial charge in [-0.25, -0.2) is 0 Å². The van der Waals surface area contributed by atoms with Gasteiger partial charge in [-0.3, -0.25) is 4.90 Å². The summed E-state index contributed by atoms with van der Waals surface area (Å²) in [5.74, 6) is 1.72. The third-order valence-electron chi connectivity index (χ3n) is 5.39. The molecule has 2 saturated heterocycles. The van der Waals surface area contributed by atoms with Crippen molar-refractivity contribution >= 4 is 0 Å². The van der Waals surface area contributed by atoms with Gasteiger partial charge in [0.2, 0.25) is 0 Å². The topological polar surface area (TPSA) is 32.5 Å². The first-order valence-electron chi connectivity index (χ1n) is 7.42. The van der Waals surface area contributed by atoms with Crippen LogP contribution >= 0.6 is 0 Å². The SMILES string of the molecule is CN1CCC(N2CC3CCCC(N)C3C2)CC1. The van der Waals surface area contributed by atoms with Gasteiger partial charge in [0.15, 0.2) is 0 Å². The van der Waals surface area contributed by atoms with Crippen LogP contribution in [-0.4, -0.2) is 55.1 Å². The van der Waals surface area contributed by atoms with Gasteiger partial charge in [-0.2, -0.15) is 0 Å². The Morgan fingerprint density at radius 2 is 1.76 bits per heavy atom. The van der Waals surface area contributed by atoms with Crippen molar-refractivity contribution in [1.29, 1.82) is 0 Å². The zero-order valence-electron chi connectivity index (χ0n) is 11.1. The second kappa shape index (κ2) is 4.87. The van der Waals surface area contributed by atoms with Crippen LogP contribution in [0.3, 0.4) is 0 Å². The molecule has 0 aromatic carbocycles. The normalized spacial score (nSPS) is 41.6. The first-order chi connectivity index (χ1) is 8.24. The average molecular weight is 237 g/mol. The minimum absolute atomic E-state index is 0.491. The van der Waals surface area contributed by atoms with Crippen LogP contribution in [0.5, 0.6) is 0 Å². The Kier molecular flexibility index (Phi) is 3.42. The molecule has 1 saturated carbocycles. The molecule has 3 aliphatic rings. The number of piperidine rings is 1. The second-order valence-electron chi connectivity index (χ2n) is 6.51. The third-order valence-corrected chi connectivity index (χ3v) is 5.39. The van der Waals surface area contributed by atoms with Crippen LogP contribution in [0.4, 0.5) is 0 Å². The van der Waals surface area contributed by atoms with Crippen molar-refractivity contribution in [3.05, 3.63) is 0 Å². The van der Waals surface area contributed by atoms with E-state index in [4.69, 9.17) is 5.73 Å². The summed E-state index contributed by atoms with van der Waals surface area (Å²) < 4.78 is 0. The Morgan fingerprint density at radius 1 is 1.00 bits per heavy atom. The van der Waals surface area contributed by atoms with Gasteiger partial charge in [0.05, 0.1) is 0 Å². The van der Waals surface area contributed by atoms with Gasteiger partial charge in [0, 0.05) is 25.2 Å². The zero-order chi connectivity index (χ0) is 11.8. The predicted molar refractivity (Wildman–Crippen MR) is 70.9 cm³/mol. The molecule has 3 atom stereocenters. The van der Waals surface area contributed by atoms with E-state index in [1.807, 2.05) is 0 Å². The lowest BCUT2D eigenvalue weighted by Gasteiger charge is -2.35. The van der Waals surface area contributed by atoms with Crippen molar-refractivity contribution in [2.75, 3.05) is 33.2 Å². The molecule has 1 aliphatic carbocycles. The Balaban J connectivity index is 1.59. The van der Waals surface area contributed by atoms with E-state index in [2.05, 4.69) is 16.8 Å². The van der Waals surface area contributed by atoms with Crippen molar-refractivity contribution < 1.29 is 0 Å². The van der Waals surface area contributed by atoms with E-state index in [9.17, 15) is 0 Å². The summed E-state index contributed by atoms with van der Waals surface area (Å²) in [5, 5.41) is 0. The Labute approximate surface area is 105 Å². The van der Waals surface area contributed by atoms with Crippen molar-refractivity contribution in [1.82, 2.24) is 9.80 Å². The molecule has 2 aliphatic heterocycles. The number of hydrogen-bond acceptors (Lipinski definition) is 3. The number of fused-ring (bicyclic) bond motifs is 1. The van der Waals surface area contributed by atoms with E-state index in [1.165, 1.54) is 58.3 Å². The lowest BCUT2D eigenvalue weighted by molar-refractivity contribution is 0.137. The summed E-state index contributed by atoms with van der Waals surface area (Å²) in [7, 11) is 2.25. The lowest BCUT2D eigenvalue weighted by Crippen LogP contribution is -2.43. The van der Waals surface area contributed by atoms with Crippen LogP contribution in [-0.2, 0) is 0 Å². The molecular formula is C14H27N3. The fraction of sp³-hybridized carbons (Fsp3) is 1.00.